The zero-order chi connectivity index (χ0) is 27.6. The summed E-state index contributed by atoms with van der Waals surface area (Å²) in [5.74, 6) is 1.49. The summed E-state index contributed by atoms with van der Waals surface area (Å²) in [6.45, 7) is 8.68. The molecule has 208 valence electrons. The number of fused-ring (bicyclic) bond motifs is 1. The van der Waals surface area contributed by atoms with Crippen LogP contribution in [0.15, 0.2) is 60.7 Å². The van der Waals surface area contributed by atoms with Gasteiger partial charge < -0.3 is 24.7 Å². The number of phenolic OH excluding ortho intramolecular Hbond substituents is 2. The molecule has 0 bridgehead atoms. The molecule has 1 aliphatic carbocycles. The van der Waals surface area contributed by atoms with E-state index in [0.29, 0.717) is 12.4 Å². The van der Waals surface area contributed by atoms with Gasteiger partial charge in [0.1, 0.15) is 23.9 Å². The highest BCUT2D eigenvalue weighted by Crippen LogP contribution is 2.37. The van der Waals surface area contributed by atoms with E-state index in [2.05, 4.69) is 61.0 Å². The molecule has 2 N–H and O–H groups in total. The van der Waals surface area contributed by atoms with Crippen LogP contribution in [-0.4, -0.2) is 48.4 Å². The number of hydrogen-bond acceptors (Lipinski definition) is 5. The Balaban J connectivity index is 1.45. The van der Waals surface area contributed by atoms with Crippen molar-refractivity contribution in [2.24, 2.45) is 0 Å². The third-order valence-electron chi connectivity index (χ3n) is 7.58. The van der Waals surface area contributed by atoms with Crippen molar-refractivity contribution >= 4 is 17.3 Å². The van der Waals surface area contributed by atoms with E-state index in [4.69, 9.17) is 4.74 Å². The number of benzene rings is 3. The van der Waals surface area contributed by atoms with Gasteiger partial charge in [0.25, 0.3) is 0 Å². The Bertz CT molecular complexity index is 1240. The lowest BCUT2D eigenvalue weighted by Gasteiger charge is -2.27. The van der Waals surface area contributed by atoms with Gasteiger partial charge in [-0.15, -0.1) is 0 Å². The molecule has 0 aliphatic heterocycles. The predicted octanol–water partition coefficient (Wildman–Crippen LogP) is 7.50. The van der Waals surface area contributed by atoms with Crippen molar-refractivity contribution in [3.63, 3.8) is 0 Å². The third-order valence-corrected chi connectivity index (χ3v) is 7.58. The van der Waals surface area contributed by atoms with Gasteiger partial charge in [-0.3, -0.25) is 0 Å². The second kappa shape index (κ2) is 14.1. The van der Waals surface area contributed by atoms with Crippen LogP contribution in [0.5, 0.6) is 17.2 Å². The van der Waals surface area contributed by atoms with E-state index < -0.39 is 0 Å². The van der Waals surface area contributed by atoms with Crippen LogP contribution in [0, 0.1) is 0 Å². The lowest BCUT2D eigenvalue weighted by atomic mass is 9.97. The first-order valence-electron chi connectivity index (χ1n) is 14.5. The van der Waals surface area contributed by atoms with Gasteiger partial charge in [0.05, 0.1) is 0 Å². The predicted molar refractivity (Wildman–Crippen MR) is 163 cm³/mol. The normalized spacial score (nSPS) is 13.1. The number of hydrogen-bond donors (Lipinski definition) is 2. The van der Waals surface area contributed by atoms with E-state index >= 15 is 0 Å². The summed E-state index contributed by atoms with van der Waals surface area (Å²) in [7, 11) is 2.16. The molecule has 5 heteroatoms. The zero-order valence-corrected chi connectivity index (χ0v) is 23.8. The summed E-state index contributed by atoms with van der Waals surface area (Å²) in [5, 5.41) is 20.3. The SMILES string of the molecule is CCCCCN(C)CCOc1ccc(CN(CC)c2cc(O)ccc2C2=Cc3ccc(O)cc3CCC2)cc1. The highest BCUT2D eigenvalue weighted by molar-refractivity contribution is 5.88. The topological polar surface area (TPSA) is 56.2 Å². The molecule has 4 rings (SSSR count). The Morgan fingerprint density at radius 3 is 2.38 bits per heavy atom. The van der Waals surface area contributed by atoms with Gasteiger partial charge in [-0.1, -0.05) is 44.0 Å². The van der Waals surface area contributed by atoms with Crippen molar-refractivity contribution < 1.29 is 14.9 Å². The maximum Gasteiger partial charge on any atom is 0.119 e. The van der Waals surface area contributed by atoms with Crippen LogP contribution in [0.25, 0.3) is 11.6 Å². The summed E-state index contributed by atoms with van der Waals surface area (Å²) in [4.78, 5) is 4.65. The highest BCUT2D eigenvalue weighted by atomic mass is 16.5. The first-order chi connectivity index (χ1) is 19.0. The van der Waals surface area contributed by atoms with Crippen molar-refractivity contribution in [1.29, 1.82) is 0 Å². The number of allylic oxidation sites excluding steroid dienone is 1. The molecular weight excluding hydrogens is 484 g/mol. The van der Waals surface area contributed by atoms with Crippen molar-refractivity contribution in [2.45, 2.75) is 58.9 Å². The molecule has 3 aromatic carbocycles. The molecule has 0 fully saturated rings. The highest BCUT2D eigenvalue weighted by Gasteiger charge is 2.18. The molecule has 1 aliphatic rings. The average Bonchev–Trinajstić information content (AvgIpc) is 3.14. The Morgan fingerprint density at radius 1 is 0.846 bits per heavy atom. The molecule has 0 spiro atoms. The van der Waals surface area contributed by atoms with Crippen LogP contribution in [0.4, 0.5) is 5.69 Å². The molecule has 5 nitrogen and oxygen atoms in total. The number of aryl methyl sites for hydroxylation is 1. The molecule has 0 amide bonds. The Labute approximate surface area is 234 Å². The van der Waals surface area contributed by atoms with Gasteiger partial charge in [-0.05, 0) is 105 Å². The monoisotopic (exact) mass is 528 g/mol. The molecule has 0 saturated carbocycles. The third kappa shape index (κ3) is 8.03. The number of aromatic hydroxyl groups is 2. The molecule has 0 saturated heterocycles. The summed E-state index contributed by atoms with van der Waals surface area (Å²) in [6.07, 6.45) is 8.93. The molecule has 0 atom stereocenters. The summed E-state index contributed by atoms with van der Waals surface area (Å²) >= 11 is 0. The minimum absolute atomic E-state index is 0.273. The van der Waals surface area contributed by atoms with Crippen LogP contribution in [0.3, 0.4) is 0 Å². The molecule has 0 unspecified atom stereocenters. The van der Waals surface area contributed by atoms with E-state index in [1.807, 2.05) is 24.3 Å². The zero-order valence-electron chi connectivity index (χ0n) is 23.8. The summed E-state index contributed by atoms with van der Waals surface area (Å²) < 4.78 is 6.00. The minimum Gasteiger partial charge on any atom is -0.508 e. The van der Waals surface area contributed by atoms with Crippen LogP contribution < -0.4 is 9.64 Å². The first-order valence-corrected chi connectivity index (χ1v) is 14.5. The minimum atomic E-state index is 0.273. The van der Waals surface area contributed by atoms with Crippen molar-refractivity contribution in [3.8, 4) is 17.2 Å². The fourth-order valence-corrected chi connectivity index (χ4v) is 5.29. The standard InChI is InChI=1S/C34H44N2O3/c1-4-6-7-19-35(3)20-21-39-32-16-11-26(12-17-32)25-36(5-2)34-24-31(38)15-18-33(34)29-10-8-9-27-23-30(37)14-13-28(27)22-29/h11-18,22-24,37-38H,4-10,19-21,25H2,1-3H3. The van der Waals surface area contributed by atoms with Gasteiger partial charge >= 0.3 is 0 Å². The second-order valence-corrected chi connectivity index (χ2v) is 10.6. The van der Waals surface area contributed by atoms with E-state index in [1.54, 1.807) is 12.1 Å². The van der Waals surface area contributed by atoms with Crippen LogP contribution in [0.1, 0.15) is 68.2 Å². The van der Waals surface area contributed by atoms with E-state index in [-0.39, 0.29) is 5.75 Å². The molecule has 0 aromatic heterocycles. The quantitative estimate of drug-likeness (QED) is 0.225. The van der Waals surface area contributed by atoms with Crippen molar-refractivity contribution in [2.75, 3.05) is 38.2 Å². The number of unbranched alkanes of at least 4 members (excludes halogenated alkanes) is 2. The summed E-state index contributed by atoms with van der Waals surface area (Å²) in [5.41, 5.74) is 6.99. The second-order valence-electron chi connectivity index (χ2n) is 10.6. The largest absolute Gasteiger partial charge is 0.508 e. The lowest BCUT2D eigenvalue weighted by Crippen LogP contribution is -2.25. The average molecular weight is 529 g/mol. The molecular formula is C34H44N2O3. The number of rotatable bonds is 13. The smallest absolute Gasteiger partial charge is 0.119 e. The first kappa shape index (κ1) is 28.6. The van der Waals surface area contributed by atoms with Crippen LogP contribution in [0.2, 0.25) is 0 Å². The fraction of sp³-hybridized carbons (Fsp3) is 0.412. The van der Waals surface area contributed by atoms with Crippen molar-refractivity contribution in [1.82, 2.24) is 4.90 Å². The van der Waals surface area contributed by atoms with Crippen LogP contribution in [-0.2, 0) is 13.0 Å². The van der Waals surface area contributed by atoms with E-state index in [1.165, 1.54) is 36.0 Å². The molecule has 0 radical (unpaired) electrons. The maximum absolute atomic E-state index is 10.4. The number of ether oxygens (including phenoxy) is 1. The Kier molecular flexibility index (Phi) is 10.3. The maximum atomic E-state index is 10.4. The molecule has 3 aromatic rings. The van der Waals surface area contributed by atoms with Gasteiger partial charge in [0, 0.05) is 37.0 Å². The molecule has 0 heterocycles. The number of anilines is 1. The molecule has 39 heavy (non-hydrogen) atoms. The lowest BCUT2D eigenvalue weighted by molar-refractivity contribution is 0.235. The van der Waals surface area contributed by atoms with Gasteiger partial charge in [0.2, 0.25) is 0 Å². The van der Waals surface area contributed by atoms with E-state index in [9.17, 15) is 10.2 Å². The number of likely N-dealkylation sites (N-methyl/N-ethyl adjacent to an activating group) is 1. The Morgan fingerprint density at radius 2 is 1.62 bits per heavy atom. The number of nitrogens with zero attached hydrogens (tertiary/aromatic N) is 2. The van der Waals surface area contributed by atoms with E-state index in [0.717, 1.165) is 68.0 Å². The fourth-order valence-electron chi connectivity index (χ4n) is 5.29. The van der Waals surface area contributed by atoms with Crippen LogP contribution >= 0.6 is 0 Å². The Hall–Kier alpha value is -3.44. The van der Waals surface area contributed by atoms with Gasteiger partial charge in [-0.2, -0.15) is 0 Å². The summed E-state index contributed by atoms with van der Waals surface area (Å²) in [6, 6.07) is 19.7. The number of phenols is 2. The van der Waals surface area contributed by atoms with Crippen molar-refractivity contribution in [3.05, 3.63) is 82.9 Å². The van der Waals surface area contributed by atoms with Gasteiger partial charge in [0.15, 0.2) is 0 Å². The van der Waals surface area contributed by atoms with Gasteiger partial charge in [-0.25, -0.2) is 0 Å².